The van der Waals surface area contributed by atoms with E-state index in [9.17, 15) is 14.7 Å². The molecule has 2 N–H and O–H groups in total. The summed E-state index contributed by atoms with van der Waals surface area (Å²) in [7, 11) is 0. The summed E-state index contributed by atoms with van der Waals surface area (Å²) in [5.74, 6) is -0.190. The topological polar surface area (TPSA) is 127 Å². The molecule has 1 atom stereocenters. The summed E-state index contributed by atoms with van der Waals surface area (Å²) in [6.45, 7) is 7.04. The highest BCUT2D eigenvalue weighted by molar-refractivity contribution is 5.80. The molecule has 0 saturated heterocycles. The minimum atomic E-state index is -1.14. The van der Waals surface area contributed by atoms with Crippen LogP contribution in [0.15, 0.2) is 24.3 Å². The van der Waals surface area contributed by atoms with E-state index >= 15 is 0 Å². The van der Waals surface area contributed by atoms with Gasteiger partial charge in [-0.3, -0.25) is 0 Å². The Morgan fingerprint density at radius 2 is 1.70 bits per heavy atom. The molecule has 0 bridgehead atoms. The maximum atomic E-state index is 11.8. The van der Waals surface area contributed by atoms with Crippen LogP contribution in [0.3, 0.4) is 0 Å². The monoisotopic (exact) mass is 373 g/mol. The normalized spacial score (nSPS) is 12.3. The number of ether oxygens (including phenoxy) is 1. The van der Waals surface area contributed by atoms with Gasteiger partial charge in [0.25, 0.3) is 0 Å². The number of carboxylic acids is 1. The van der Waals surface area contributed by atoms with Gasteiger partial charge < -0.3 is 15.2 Å². The van der Waals surface area contributed by atoms with Crippen LogP contribution in [0.4, 0.5) is 4.79 Å². The molecular formula is C18H23N5O4. The number of hydrogen-bond acceptors (Lipinski definition) is 7. The van der Waals surface area contributed by atoms with Crippen molar-refractivity contribution < 1.29 is 19.4 Å². The Hall–Kier alpha value is -3.10. The predicted molar refractivity (Wildman–Crippen MR) is 96.9 cm³/mol. The predicted octanol–water partition coefficient (Wildman–Crippen LogP) is 2.02. The first-order valence-electron chi connectivity index (χ1n) is 8.56. The van der Waals surface area contributed by atoms with Crippen LogP contribution < -0.4 is 5.32 Å². The lowest BCUT2D eigenvalue weighted by Gasteiger charge is -2.22. The number of nitrogens with one attached hydrogen (secondary N) is 1. The van der Waals surface area contributed by atoms with E-state index in [2.05, 4.69) is 25.7 Å². The van der Waals surface area contributed by atoms with Crippen molar-refractivity contribution in [3.05, 3.63) is 35.7 Å². The van der Waals surface area contributed by atoms with Crippen LogP contribution in [-0.2, 0) is 22.4 Å². The number of carbonyl (C=O) groups is 2. The number of carboxylic acid groups (broad SMARTS) is 1. The van der Waals surface area contributed by atoms with E-state index in [1.165, 1.54) is 0 Å². The summed E-state index contributed by atoms with van der Waals surface area (Å²) >= 11 is 0. The van der Waals surface area contributed by atoms with E-state index < -0.39 is 23.7 Å². The molecule has 0 aliphatic rings. The van der Waals surface area contributed by atoms with Gasteiger partial charge in [0.1, 0.15) is 11.6 Å². The van der Waals surface area contributed by atoms with Crippen LogP contribution in [0, 0.1) is 0 Å². The van der Waals surface area contributed by atoms with Crippen molar-refractivity contribution in [1.29, 1.82) is 0 Å². The molecule has 0 radical (unpaired) electrons. The highest BCUT2D eigenvalue weighted by Crippen LogP contribution is 2.15. The summed E-state index contributed by atoms with van der Waals surface area (Å²) in [5.41, 5.74) is 0.742. The van der Waals surface area contributed by atoms with Gasteiger partial charge in [-0.1, -0.05) is 31.2 Å². The second-order valence-electron chi connectivity index (χ2n) is 6.93. The van der Waals surface area contributed by atoms with E-state index in [4.69, 9.17) is 4.74 Å². The van der Waals surface area contributed by atoms with Gasteiger partial charge >= 0.3 is 12.1 Å². The fourth-order valence-corrected chi connectivity index (χ4v) is 2.18. The average molecular weight is 373 g/mol. The maximum Gasteiger partial charge on any atom is 0.408 e. The zero-order valence-electron chi connectivity index (χ0n) is 15.8. The van der Waals surface area contributed by atoms with Crippen LogP contribution in [0.2, 0.25) is 0 Å². The second-order valence-corrected chi connectivity index (χ2v) is 6.93. The highest BCUT2D eigenvalue weighted by atomic mass is 16.6. The van der Waals surface area contributed by atoms with E-state index in [0.717, 1.165) is 5.56 Å². The molecule has 2 rings (SSSR count). The number of aryl methyl sites for hydroxylation is 1. The summed E-state index contributed by atoms with van der Waals surface area (Å²) in [5, 5.41) is 27.7. The molecule has 0 aliphatic heterocycles. The molecule has 9 heteroatoms. The molecule has 0 saturated carbocycles. The molecule has 2 aromatic rings. The molecule has 9 nitrogen and oxygen atoms in total. The maximum absolute atomic E-state index is 11.8. The fraction of sp³-hybridized carbons (Fsp3) is 0.444. The molecule has 27 heavy (non-hydrogen) atoms. The van der Waals surface area contributed by atoms with Crippen LogP contribution in [-0.4, -0.2) is 49.2 Å². The number of nitrogens with zero attached hydrogens (tertiary/aromatic N) is 4. The van der Waals surface area contributed by atoms with Gasteiger partial charge in [0.15, 0.2) is 5.82 Å². The number of alkyl carbamates (subject to hydrolysis) is 1. The summed E-state index contributed by atoms with van der Waals surface area (Å²) in [4.78, 5) is 23.3. The Labute approximate surface area is 157 Å². The zero-order valence-corrected chi connectivity index (χ0v) is 15.8. The Kier molecular flexibility index (Phi) is 6.38. The first kappa shape index (κ1) is 20.2. The third-order valence-electron chi connectivity index (χ3n) is 3.48. The smallest absolute Gasteiger partial charge is 0.408 e. The van der Waals surface area contributed by atoms with Gasteiger partial charge in [0.05, 0.1) is 0 Å². The number of hydrogen-bond donors (Lipinski definition) is 2. The SMILES string of the molecule is CCc1nnc(-c2ccc(C[C@H](NC(=O)OC(C)(C)C)C(=O)O)cc2)nn1. The standard InChI is InChI=1S/C18H23N5O4/c1-5-14-20-22-15(23-21-14)12-8-6-11(7-9-12)10-13(16(24)25)19-17(26)27-18(2,3)4/h6-9,13H,5,10H2,1-4H3,(H,19,26)(H,24,25)/t13-/m0/s1. The molecule has 1 aromatic heterocycles. The van der Waals surface area contributed by atoms with Crippen molar-refractivity contribution in [3.63, 3.8) is 0 Å². The number of benzene rings is 1. The Bertz CT molecular complexity index is 785. The van der Waals surface area contributed by atoms with Crippen molar-refractivity contribution in [2.45, 2.75) is 52.2 Å². The second kappa shape index (κ2) is 8.52. The molecule has 1 aromatic carbocycles. The van der Waals surface area contributed by atoms with Crippen LogP contribution >= 0.6 is 0 Å². The number of aliphatic carboxylic acids is 1. The van der Waals surface area contributed by atoms with Crippen molar-refractivity contribution in [2.75, 3.05) is 0 Å². The lowest BCUT2D eigenvalue weighted by molar-refractivity contribution is -0.139. The van der Waals surface area contributed by atoms with E-state index in [-0.39, 0.29) is 6.42 Å². The quantitative estimate of drug-likeness (QED) is 0.787. The molecule has 0 spiro atoms. The lowest BCUT2D eigenvalue weighted by Crippen LogP contribution is -2.44. The van der Waals surface area contributed by atoms with Crippen molar-refractivity contribution in [2.24, 2.45) is 0 Å². The molecule has 1 heterocycles. The molecule has 144 valence electrons. The van der Waals surface area contributed by atoms with Crippen LogP contribution in [0.1, 0.15) is 39.1 Å². The Balaban J connectivity index is 2.05. The number of amides is 1. The number of rotatable bonds is 6. The molecule has 0 unspecified atom stereocenters. The van der Waals surface area contributed by atoms with E-state index in [0.29, 0.717) is 23.6 Å². The highest BCUT2D eigenvalue weighted by Gasteiger charge is 2.24. The van der Waals surface area contributed by atoms with Gasteiger partial charge in [-0.05, 0) is 26.3 Å². The first-order chi connectivity index (χ1) is 12.7. The Morgan fingerprint density at radius 1 is 1.11 bits per heavy atom. The average Bonchev–Trinajstić information content (AvgIpc) is 2.60. The van der Waals surface area contributed by atoms with Gasteiger partial charge in [-0.25, -0.2) is 9.59 Å². The molecular weight excluding hydrogens is 350 g/mol. The largest absolute Gasteiger partial charge is 0.480 e. The van der Waals surface area contributed by atoms with Crippen molar-refractivity contribution in [3.8, 4) is 11.4 Å². The minimum Gasteiger partial charge on any atom is -0.480 e. The molecule has 0 aliphatic carbocycles. The van der Waals surface area contributed by atoms with E-state index in [1.54, 1.807) is 45.0 Å². The van der Waals surface area contributed by atoms with Crippen molar-refractivity contribution >= 4 is 12.1 Å². The molecule has 0 fully saturated rings. The van der Waals surface area contributed by atoms with Gasteiger partial charge in [0.2, 0.25) is 5.82 Å². The lowest BCUT2D eigenvalue weighted by atomic mass is 10.0. The molecule has 1 amide bonds. The Morgan fingerprint density at radius 3 is 2.19 bits per heavy atom. The summed E-state index contributed by atoms with van der Waals surface area (Å²) in [6.07, 6.45) is -0.00499. The number of aromatic nitrogens is 4. The minimum absolute atomic E-state index is 0.112. The first-order valence-corrected chi connectivity index (χ1v) is 8.56. The van der Waals surface area contributed by atoms with E-state index in [1.807, 2.05) is 6.92 Å². The van der Waals surface area contributed by atoms with Crippen LogP contribution in [0.5, 0.6) is 0 Å². The zero-order chi connectivity index (χ0) is 20.0. The third-order valence-corrected chi connectivity index (χ3v) is 3.48. The van der Waals surface area contributed by atoms with Gasteiger partial charge in [-0.2, -0.15) is 0 Å². The number of carbonyl (C=O) groups excluding carboxylic acids is 1. The fourth-order valence-electron chi connectivity index (χ4n) is 2.18. The van der Waals surface area contributed by atoms with Crippen LogP contribution in [0.25, 0.3) is 11.4 Å². The third kappa shape index (κ3) is 6.28. The summed E-state index contributed by atoms with van der Waals surface area (Å²) < 4.78 is 5.11. The van der Waals surface area contributed by atoms with Crippen molar-refractivity contribution in [1.82, 2.24) is 25.7 Å². The summed E-state index contributed by atoms with van der Waals surface area (Å²) in [6, 6.07) is 5.91. The van der Waals surface area contributed by atoms with Gasteiger partial charge in [-0.15, -0.1) is 20.4 Å². The van der Waals surface area contributed by atoms with Gasteiger partial charge in [0, 0.05) is 18.4 Å².